The topological polar surface area (TPSA) is 21.6 Å². The first-order valence-electron chi connectivity index (χ1n) is 9.16. The van der Waals surface area contributed by atoms with Crippen molar-refractivity contribution in [2.45, 2.75) is 70.3 Å². The molecule has 2 nitrogen and oxygen atoms in total. The van der Waals surface area contributed by atoms with Crippen LogP contribution in [0.2, 0.25) is 0 Å². The summed E-state index contributed by atoms with van der Waals surface area (Å²) in [7, 11) is 0. The van der Waals surface area contributed by atoms with Gasteiger partial charge in [0.05, 0.1) is 6.04 Å². The van der Waals surface area contributed by atoms with Crippen LogP contribution >= 0.6 is 0 Å². The van der Waals surface area contributed by atoms with Gasteiger partial charge in [0.2, 0.25) is 0 Å². The van der Waals surface area contributed by atoms with Crippen LogP contribution in [0.25, 0.3) is 0 Å². The Balaban J connectivity index is 0.000000276. The van der Waals surface area contributed by atoms with Crippen molar-refractivity contribution in [2.75, 3.05) is 6.61 Å². The maximum atomic E-state index is 5.77. The van der Waals surface area contributed by atoms with E-state index >= 15 is 0 Å². The average Bonchev–Trinajstić information content (AvgIpc) is 3.32. The SMILES string of the molecule is C1CCCC1.[Fe].c1ccc(C[C@@H]2COC(C3CCCC3)=N2)cc1. The Hall–Kier alpha value is -0.791. The summed E-state index contributed by atoms with van der Waals surface area (Å²) in [5.41, 5.74) is 1.36. The monoisotopic (exact) mass is 355 g/mol. The number of ether oxygens (including phenoxy) is 1. The Morgan fingerprint density at radius 3 is 2.09 bits per heavy atom. The summed E-state index contributed by atoms with van der Waals surface area (Å²) in [4.78, 5) is 4.76. The maximum Gasteiger partial charge on any atom is 0.186 e. The van der Waals surface area contributed by atoms with E-state index in [1.165, 1.54) is 63.4 Å². The molecule has 0 amide bonds. The van der Waals surface area contributed by atoms with Gasteiger partial charge in [-0.05, 0) is 24.8 Å². The number of nitrogens with zero attached hydrogens (tertiary/aromatic N) is 1. The molecule has 1 aromatic carbocycles. The minimum atomic E-state index is 0. The number of rotatable bonds is 3. The van der Waals surface area contributed by atoms with Crippen molar-refractivity contribution >= 4 is 5.90 Å². The van der Waals surface area contributed by atoms with E-state index < -0.39 is 0 Å². The molecule has 1 aromatic rings. The average molecular weight is 355 g/mol. The molecule has 0 saturated heterocycles. The summed E-state index contributed by atoms with van der Waals surface area (Å²) < 4.78 is 5.77. The van der Waals surface area contributed by atoms with E-state index in [0.29, 0.717) is 12.0 Å². The van der Waals surface area contributed by atoms with Gasteiger partial charge in [0.25, 0.3) is 0 Å². The van der Waals surface area contributed by atoms with Crippen molar-refractivity contribution < 1.29 is 21.8 Å². The van der Waals surface area contributed by atoms with Gasteiger partial charge in [0.1, 0.15) is 6.61 Å². The zero-order chi connectivity index (χ0) is 15.0. The first kappa shape index (κ1) is 18.5. The third-order valence-electron chi connectivity index (χ3n) is 5.00. The van der Waals surface area contributed by atoms with Gasteiger partial charge in [-0.2, -0.15) is 0 Å². The Labute approximate surface area is 151 Å². The van der Waals surface area contributed by atoms with Crippen LogP contribution in [0.5, 0.6) is 0 Å². The molecule has 3 heteroatoms. The van der Waals surface area contributed by atoms with Gasteiger partial charge in [0.15, 0.2) is 5.90 Å². The fourth-order valence-corrected chi connectivity index (χ4v) is 3.71. The second kappa shape index (κ2) is 10.2. The molecule has 0 N–H and O–H groups in total. The van der Waals surface area contributed by atoms with Crippen LogP contribution in [0.15, 0.2) is 35.3 Å². The maximum absolute atomic E-state index is 5.77. The summed E-state index contributed by atoms with van der Waals surface area (Å²) in [6.45, 7) is 0.778. The third-order valence-corrected chi connectivity index (χ3v) is 5.00. The van der Waals surface area contributed by atoms with Gasteiger partial charge in [-0.15, -0.1) is 0 Å². The predicted octanol–water partition coefficient (Wildman–Crippen LogP) is 5.16. The van der Waals surface area contributed by atoms with Crippen molar-refractivity contribution in [2.24, 2.45) is 10.9 Å². The molecule has 0 aromatic heterocycles. The second-order valence-corrected chi connectivity index (χ2v) is 6.87. The molecule has 23 heavy (non-hydrogen) atoms. The molecule has 128 valence electrons. The summed E-state index contributed by atoms with van der Waals surface area (Å²) in [6.07, 6.45) is 13.7. The van der Waals surface area contributed by atoms with Gasteiger partial charge in [-0.3, -0.25) is 0 Å². The van der Waals surface area contributed by atoms with Crippen molar-refractivity contribution in [1.29, 1.82) is 0 Å². The summed E-state index contributed by atoms with van der Waals surface area (Å²) >= 11 is 0. The molecular formula is C20H29FeNO. The molecule has 1 atom stereocenters. The standard InChI is InChI=1S/C15H19NO.C5H10.Fe/c1-2-6-12(7-3-1)10-14-11-17-15(16-14)13-8-4-5-9-13;1-2-4-5-3-1;/h1-3,6-7,13-14H,4-5,8-11H2;1-5H2;/t14-;;/m1../s1. The van der Waals surface area contributed by atoms with Crippen LogP contribution in [0.3, 0.4) is 0 Å². The number of hydrogen-bond acceptors (Lipinski definition) is 2. The molecule has 2 saturated carbocycles. The van der Waals surface area contributed by atoms with Crippen LogP contribution in [0, 0.1) is 5.92 Å². The van der Waals surface area contributed by atoms with E-state index in [4.69, 9.17) is 9.73 Å². The van der Waals surface area contributed by atoms with Crippen molar-refractivity contribution in [3.05, 3.63) is 35.9 Å². The van der Waals surface area contributed by atoms with Gasteiger partial charge < -0.3 is 4.74 Å². The summed E-state index contributed by atoms with van der Waals surface area (Å²) in [5, 5.41) is 0. The Morgan fingerprint density at radius 2 is 1.48 bits per heavy atom. The summed E-state index contributed by atoms with van der Waals surface area (Å²) in [5.74, 6) is 1.67. The Kier molecular flexibility index (Phi) is 8.19. The second-order valence-electron chi connectivity index (χ2n) is 6.87. The number of aliphatic imine (C=N–C) groups is 1. The van der Waals surface area contributed by atoms with E-state index in [0.717, 1.165) is 18.9 Å². The molecular weight excluding hydrogens is 326 g/mol. The van der Waals surface area contributed by atoms with Gasteiger partial charge in [-0.25, -0.2) is 4.99 Å². The van der Waals surface area contributed by atoms with Crippen molar-refractivity contribution in [3.8, 4) is 0 Å². The fraction of sp³-hybridized carbons (Fsp3) is 0.650. The van der Waals surface area contributed by atoms with E-state index in [9.17, 15) is 0 Å². The Bertz CT molecular complexity index is 456. The van der Waals surface area contributed by atoms with Gasteiger partial charge in [-0.1, -0.05) is 75.3 Å². The van der Waals surface area contributed by atoms with Crippen LogP contribution in [-0.4, -0.2) is 18.5 Å². The zero-order valence-electron chi connectivity index (χ0n) is 14.0. The van der Waals surface area contributed by atoms with E-state index in [1.54, 1.807) is 0 Å². The molecule has 0 spiro atoms. The molecule has 4 rings (SSSR count). The zero-order valence-corrected chi connectivity index (χ0v) is 15.1. The first-order chi connectivity index (χ1) is 10.9. The molecule has 2 aliphatic carbocycles. The molecule has 0 bridgehead atoms. The minimum absolute atomic E-state index is 0. The molecule has 1 aliphatic heterocycles. The molecule has 2 fully saturated rings. The van der Waals surface area contributed by atoms with Crippen LogP contribution < -0.4 is 0 Å². The Morgan fingerprint density at radius 1 is 0.870 bits per heavy atom. The van der Waals surface area contributed by atoms with E-state index in [-0.39, 0.29) is 17.1 Å². The van der Waals surface area contributed by atoms with E-state index in [2.05, 4.69) is 30.3 Å². The quantitative estimate of drug-likeness (QED) is 0.686. The smallest absolute Gasteiger partial charge is 0.186 e. The molecule has 1 heterocycles. The number of hydrogen-bond donors (Lipinski definition) is 0. The molecule has 3 aliphatic rings. The van der Waals surface area contributed by atoms with Crippen molar-refractivity contribution in [3.63, 3.8) is 0 Å². The van der Waals surface area contributed by atoms with Crippen LogP contribution in [-0.2, 0) is 28.2 Å². The molecule has 0 radical (unpaired) electrons. The van der Waals surface area contributed by atoms with Gasteiger partial charge in [0, 0.05) is 23.0 Å². The summed E-state index contributed by atoms with van der Waals surface area (Å²) in [6, 6.07) is 10.9. The van der Waals surface area contributed by atoms with Crippen molar-refractivity contribution in [1.82, 2.24) is 0 Å². The molecule has 0 unspecified atom stereocenters. The number of benzene rings is 1. The normalized spacial score (nSPS) is 23.5. The fourth-order valence-electron chi connectivity index (χ4n) is 3.71. The van der Waals surface area contributed by atoms with Crippen LogP contribution in [0.1, 0.15) is 63.4 Å². The van der Waals surface area contributed by atoms with Crippen LogP contribution in [0.4, 0.5) is 0 Å². The third kappa shape index (κ3) is 5.97. The first-order valence-corrected chi connectivity index (χ1v) is 9.16. The predicted molar refractivity (Wildman–Crippen MR) is 92.4 cm³/mol. The van der Waals surface area contributed by atoms with Gasteiger partial charge >= 0.3 is 0 Å². The minimum Gasteiger partial charge on any atom is -0.478 e. The largest absolute Gasteiger partial charge is 0.478 e. The van der Waals surface area contributed by atoms with E-state index in [1.807, 2.05) is 0 Å².